The summed E-state index contributed by atoms with van der Waals surface area (Å²) < 4.78 is 5.16. The highest BCUT2D eigenvalue weighted by atomic mass is 16.5. The van der Waals surface area contributed by atoms with Crippen LogP contribution in [0.1, 0.15) is 18.9 Å². The first-order chi connectivity index (χ1) is 8.65. The van der Waals surface area contributed by atoms with Crippen LogP contribution < -0.4 is 15.8 Å². The largest absolute Gasteiger partial charge is 0.484 e. The predicted molar refractivity (Wildman–Crippen MR) is 70.9 cm³/mol. The fourth-order valence-electron chi connectivity index (χ4n) is 1.42. The standard InChI is InChI=1S/C14H18N2O2/c1-3-12(4-2)16-9-11-5-7-13(8-6-11)18-10-14(15)17/h1,5-8,12,16H,4,9-10H2,2H3,(H2,15,17). The topological polar surface area (TPSA) is 64.3 Å². The SMILES string of the molecule is C#CC(CC)NCc1ccc(OCC(N)=O)cc1. The third kappa shape index (κ3) is 4.89. The third-order valence-electron chi connectivity index (χ3n) is 2.47. The average Bonchev–Trinajstić information content (AvgIpc) is 2.39. The molecule has 1 aromatic rings. The summed E-state index contributed by atoms with van der Waals surface area (Å²) in [5.41, 5.74) is 6.10. The molecule has 3 N–H and O–H groups in total. The predicted octanol–water partition coefficient (Wildman–Crippen LogP) is 1.05. The van der Waals surface area contributed by atoms with E-state index in [1.807, 2.05) is 19.1 Å². The number of nitrogens with one attached hydrogen (secondary N) is 1. The molecule has 0 saturated carbocycles. The van der Waals surface area contributed by atoms with E-state index in [0.29, 0.717) is 12.3 Å². The van der Waals surface area contributed by atoms with Crippen LogP contribution in [0.5, 0.6) is 5.75 Å². The molecular weight excluding hydrogens is 228 g/mol. The van der Waals surface area contributed by atoms with E-state index < -0.39 is 5.91 Å². The Hall–Kier alpha value is -1.99. The minimum atomic E-state index is -0.486. The van der Waals surface area contributed by atoms with Crippen molar-refractivity contribution in [2.24, 2.45) is 5.73 Å². The molecule has 1 atom stereocenters. The van der Waals surface area contributed by atoms with E-state index in [1.165, 1.54) is 0 Å². The number of ether oxygens (including phenoxy) is 1. The third-order valence-corrected chi connectivity index (χ3v) is 2.47. The summed E-state index contributed by atoms with van der Waals surface area (Å²) >= 11 is 0. The Morgan fingerprint density at radius 3 is 2.67 bits per heavy atom. The Morgan fingerprint density at radius 2 is 2.17 bits per heavy atom. The summed E-state index contributed by atoms with van der Waals surface area (Å²) in [5.74, 6) is 2.82. The van der Waals surface area contributed by atoms with E-state index in [2.05, 4.69) is 11.2 Å². The number of amides is 1. The Bertz CT molecular complexity index is 420. The van der Waals surface area contributed by atoms with Crippen molar-refractivity contribution in [1.29, 1.82) is 0 Å². The van der Waals surface area contributed by atoms with Crippen molar-refractivity contribution in [3.05, 3.63) is 29.8 Å². The van der Waals surface area contributed by atoms with Gasteiger partial charge in [-0.2, -0.15) is 0 Å². The fourth-order valence-corrected chi connectivity index (χ4v) is 1.42. The van der Waals surface area contributed by atoms with Crippen LogP contribution in [-0.4, -0.2) is 18.6 Å². The average molecular weight is 246 g/mol. The van der Waals surface area contributed by atoms with Gasteiger partial charge in [0.25, 0.3) is 5.91 Å². The normalized spacial score (nSPS) is 11.6. The Labute approximate surface area is 108 Å². The molecule has 1 rings (SSSR count). The number of benzene rings is 1. The molecule has 0 aliphatic heterocycles. The van der Waals surface area contributed by atoms with Crippen LogP contribution in [-0.2, 0) is 11.3 Å². The number of primary amides is 1. The van der Waals surface area contributed by atoms with Crippen molar-refractivity contribution in [3.63, 3.8) is 0 Å². The molecule has 0 spiro atoms. The smallest absolute Gasteiger partial charge is 0.255 e. The summed E-state index contributed by atoms with van der Waals surface area (Å²) in [6, 6.07) is 7.54. The van der Waals surface area contributed by atoms with Crippen LogP contribution in [0.3, 0.4) is 0 Å². The second-order valence-electron chi connectivity index (χ2n) is 3.91. The van der Waals surface area contributed by atoms with Crippen LogP contribution in [0.4, 0.5) is 0 Å². The van der Waals surface area contributed by atoms with Gasteiger partial charge in [-0.3, -0.25) is 10.1 Å². The van der Waals surface area contributed by atoms with Gasteiger partial charge < -0.3 is 10.5 Å². The van der Waals surface area contributed by atoms with Gasteiger partial charge in [-0.25, -0.2) is 0 Å². The maximum absolute atomic E-state index is 10.6. The molecule has 96 valence electrons. The van der Waals surface area contributed by atoms with E-state index in [9.17, 15) is 4.79 Å². The lowest BCUT2D eigenvalue weighted by Gasteiger charge is -2.11. The molecule has 0 aliphatic rings. The number of carbonyl (C=O) groups is 1. The van der Waals surface area contributed by atoms with Crippen molar-refractivity contribution in [3.8, 4) is 18.1 Å². The van der Waals surface area contributed by atoms with Gasteiger partial charge in [0.1, 0.15) is 5.75 Å². The van der Waals surface area contributed by atoms with Gasteiger partial charge in [0.15, 0.2) is 6.61 Å². The van der Waals surface area contributed by atoms with Crippen LogP contribution in [0, 0.1) is 12.3 Å². The molecule has 0 aromatic heterocycles. The number of hydrogen-bond acceptors (Lipinski definition) is 3. The number of carbonyl (C=O) groups excluding carboxylic acids is 1. The molecule has 0 saturated heterocycles. The van der Waals surface area contributed by atoms with Gasteiger partial charge in [-0.15, -0.1) is 6.42 Å². The second kappa shape index (κ2) is 7.36. The lowest BCUT2D eigenvalue weighted by atomic mass is 10.2. The summed E-state index contributed by atoms with van der Waals surface area (Å²) in [7, 11) is 0. The minimum absolute atomic E-state index is 0.0933. The molecule has 18 heavy (non-hydrogen) atoms. The lowest BCUT2D eigenvalue weighted by molar-refractivity contribution is -0.119. The molecule has 1 amide bonds. The maximum Gasteiger partial charge on any atom is 0.255 e. The van der Waals surface area contributed by atoms with Crippen molar-refractivity contribution in [2.45, 2.75) is 25.9 Å². The Morgan fingerprint density at radius 1 is 1.50 bits per heavy atom. The van der Waals surface area contributed by atoms with Gasteiger partial charge in [0.05, 0.1) is 6.04 Å². The van der Waals surface area contributed by atoms with Crippen molar-refractivity contribution in [2.75, 3.05) is 6.61 Å². The quantitative estimate of drug-likeness (QED) is 0.707. The van der Waals surface area contributed by atoms with Crippen LogP contribution in [0.15, 0.2) is 24.3 Å². The molecule has 0 fully saturated rings. The summed E-state index contributed by atoms with van der Waals surface area (Å²) in [5, 5.41) is 3.25. The summed E-state index contributed by atoms with van der Waals surface area (Å²) in [6.45, 7) is 2.64. The Kier molecular flexibility index (Phi) is 5.75. The highest BCUT2D eigenvalue weighted by molar-refractivity contribution is 5.75. The first-order valence-electron chi connectivity index (χ1n) is 5.85. The van der Waals surface area contributed by atoms with E-state index in [4.69, 9.17) is 16.9 Å². The van der Waals surface area contributed by atoms with E-state index in [1.54, 1.807) is 12.1 Å². The van der Waals surface area contributed by atoms with Crippen LogP contribution >= 0.6 is 0 Å². The van der Waals surface area contributed by atoms with Crippen LogP contribution in [0.2, 0.25) is 0 Å². The van der Waals surface area contributed by atoms with Crippen molar-refractivity contribution >= 4 is 5.91 Å². The van der Waals surface area contributed by atoms with E-state index in [-0.39, 0.29) is 12.6 Å². The molecule has 0 heterocycles. The highest BCUT2D eigenvalue weighted by Crippen LogP contribution is 2.12. The molecule has 0 bridgehead atoms. The van der Waals surface area contributed by atoms with E-state index in [0.717, 1.165) is 12.0 Å². The summed E-state index contributed by atoms with van der Waals surface area (Å²) in [4.78, 5) is 10.6. The second-order valence-corrected chi connectivity index (χ2v) is 3.91. The van der Waals surface area contributed by atoms with Gasteiger partial charge in [-0.05, 0) is 24.1 Å². The molecular formula is C14H18N2O2. The number of hydrogen-bond donors (Lipinski definition) is 2. The maximum atomic E-state index is 10.6. The van der Waals surface area contributed by atoms with Crippen molar-refractivity contribution < 1.29 is 9.53 Å². The first kappa shape index (κ1) is 14.1. The monoisotopic (exact) mass is 246 g/mol. The Balaban J connectivity index is 2.45. The van der Waals surface area contributed by atoms with Gasteiger partial charge >= 0.3 is 0 Å². The molecule has 4 nitrogen and oxygen atoms in total. The fraction of sp³-hybridized carbons (Fsp3) is 0.357. The zero-order valence-corrected chi connectivity index (χ0v) is 10.5. The molecule has 1 aromatic carbocycles. The van der Waals surface area contributed by atoms with E-state index >= 15 is 0 Å². The molecule has 0 aliphatic carbocycles. The first-order valence-corrected chi connectivity index (χ1v) is 5.85. The van der Waals surface area contributed by atoms with Gasteiger partial charge in [0, 0.05) is 6.54 Å². The minimum Gasteiger partial charge on any atom is -0.484 e. The van der Waals surface area contributed by atoms with Gasteiger partial charge in [-0.1, -0.05) is 25.0 Å². The number of rotatable bonds is 7. The number of terminal acetylenes is 1. The molecule has 0 radical (unpaired) electrons. The molecule has 1 unspecified atom stereocenters. The van der Waals surface area contributed by atoms with Gasteiger partial charge in [0.2, 0.25) is 0 Å². The zero-order valence-electron chi connectivity index (χ0n) is 10.5. The zero-order chi connectivity index (χ0) is 13.4. The number of nitrogens with two attached hydrogens (primary N) is 1. The molecule has 4 heteroatoms. The summed E-state index contributed by atoms with van der Waals surface area (Å²) in [6.07, 6.45) is 6.26. The highest BCUT2D eigenvalue weighted by Gasteiger charge is 2.01. The van der Waals surface area contributed by atoms with Crippen molar-refractivity contribution in [1.82, 2.24) is 5.32 Å². The van der Waals surface area contributed by atoms with Crippen LogP contribution in [0.25, 0.3) is 0 Å². The lowest BCUT2D eigenvalue weighted by Crippen LogP contribution is -2.26.